The van der Waals surface area contributed by atoms with E-state index in [1.807, 2.05) is 6.92 Å². The van der Waals surface area contributed by atoms with Gasteiger partial charge in [-0.3, -0.25) is 4.79 Å². The van der Waals surface area contributed by atoms with Crippen LogP contribution in [-0.4, -0.2) is 25.1 Å². The van der Waals surface area contributed by atoms with Gasteiger partial charge >= 0.3 is 5.97 Å². The van der Waals surface area contributed by atoms with E-state index >= 15 is 0 Å². The van der Waals surface area contributed by atoms with Gasteiger partial charge in [0.15, 0.2) is 0 Å². The largest absolute Gasteiger partial charge is 0.494 e. The van der Waals surface area contributed by atoms with Crippen LogP contribution in [0.5, 0.6) is 5.75 Å². The summed E-state index contributed by atoms with van der Waals surface area (Å²) in [5.74, 6) is 0.712. The van der Waals surface area contributed by atoms with Crippen molar-refractivity contribution >= 4 is 28.2 Å². The van der Waals surface area contributed by atoms with Crippen LogP contribution >= 0.6 is 11.3 Å². The highest BCUT2D eigenvalue weighted by Gasteiger charge is 2.29. The molecule has 1 aliphatic rings. The third-order valence-electron chi connectivity index (χ3n) is 4.65. The van der Waals surface area contributed by atoms with Gasteiger partial charge in [0.05, 0.1) is 18.8 Å². The molecule has 2 aromatic rings. The summed E-state index contributed by atoms with van der Waals surface area (Å²) >= 11 is 1.50. The fourth-order valence-corrected chi connectivity index (χ4v) is 4.70. The first-order valence-corrected chi connectivity index (χ1v) is 10.2. The van der Waals surface area contributed by atoms with E-state index in [9.17, 15) is 9.59 Å². The minimum absolute atomic E-state index is 0.241. The number of hydrogen-bond donors (Lipinski definition) is 1. The lowest BCUT2D eigenvalue weighted by molar-refractivity contribution is 0.0526. The lowest BCUT2D eigenvalue weighted by Crippen LogP contribution is -2.16. The van der Waals surface area contributed by atoms with E-state index in [4.69, 9.17) is 9.47 Å². The number of benzene rings is 1. The molecule has 1 amide bonds. The lowest BCUT2D eigenvalue weighted by Gasteiger charge is -2.18. The molecule has 0 radical (unpaired) electrons. The van der Waals surface area contributed by atoms with Crippen LogP contribution in [0.25, 0.3) is 0 Å². The Morgan fingerprint density at radius 3 is 2.59 bits per heavy atom. The average Bonchev–Trinajstić information content (AvgIpc) is 2.99. The van der Waals surface area contributed by atoms with E-state index < -0.39 is 0 Å². The summed E-state index contributed by atoms with van der Waals surface area (Å²) in [6, 6.07) is 6.98. The highest BCUT2D eigenvalue weighted by Crippen LogP contribution is 2.40. The maximum Gasteiger partial charge on any atom is 0.341 e. The van der Waals surface area contributed by atoms with Crippen LogP contribution in [-0.2, 0) is 17.6 Å². The number of anilines is 1. The molecule has 1 aliphatic carbocycles. The van der Waals surface area contributed by atoms with Crippen LogP contribution in [0.1, 0.15) is 58.3 Å². The van der Waals surface area contributed by atoms with Gasteiger partial charge in [-0.2, -0.15) is 0 Å². The molecule has 1 atom stereocenters. The second-order valence-electron chi connectivity index (χ2n) is 6.69. The minimum atomic E-state index is -0.355. The number of amides is 1. The van der Waals surface area contributed by atoms with E-state index in [1.165, 1.54) is 16.2 Å². The van der Waals surface area contributed by atoms with Gasteiger partial charge in [-0.15, -0.1) is 11.3 Å². The monoisotopic (exact) mass is 387 g/mol. The summed E-state index contributed by atoms with van der Waals surface area (Å²) in [5.41, 5.74) is 2.09. The maximum absolute atomic E-state index is 12.7. The van der Waals surface area contributed by atoms with Crippen molar-refractivity contribution in [3.8, 4) is 5.75 Å². The molecule has 0 saturated heterocycles. The Hall–Kier alpha value is -2.34. The number of hydrogen-bond acceptors (Lipinski definition) is 5. The van der Waals surface area contributed by atoms with Gasteiger partial charge in [-0.05, 0) is 68.9 Å². The van der Waals surface area contributed by atoms with Crippen molar-refractivity contribution in [2.45, 2.75) is 40.0 Å². The number of nitrogens with one attached hydrogen (secondary N) is 1. The van der Waals surface area contributed by atoms with Crippen LogP contribution in [0.15, 0.2) is 24.3 Å². The number of thiophene rings is 1. The first-order chi connectivity index (χ1) is 13.0. The molecule has 1 aromatic heterocycles. The number of ether oxygens (including phenoxy) is 2. The minimum Gasteiger partial charge on any atom is -0.494 e. The Labute approximate surface area is 163 Å². The van der Waals surface area contributed by atoms with Crippen LogP contribution < -0.4 is 10.1 Å². The summed E-state index contributed by atoms with van der Waals surface area (Å²) in [4.78, 5) is 26.4. The van der Waals surface area contributed by atoms with E-state index in [2.05, 4.69) is 12.2 Å². The van der Waals surface area contributed by atoms with Gasteiger partial charge in [-0.25, -0.2) is 4.79 Å². The van der Waals surface area contributed by atoms with Gasteiger partial charge in [-0.1, -0.05) is 6.92 Å². The van der Waals surface area contributed by atoms with E-state index in [0.717, 1.165) is 30.6 Å². The second-order valence-corrected chi connectivity index (χ2v) is 7.79. The number of fused-ring (bicyclic) bond motifs is 1. The molecule has 0 fully saturated rings. The quantitative estimate of drug-likeness (QED) is 0.730. The Morgan fingerprint density at radius 2 is 1.93 bits per heavy atom. The number of rotatable bonds is 6. The Kier molecular flexibility index (Phi) is 6.16. The van der Waals surface area contributed by atoms with Crippen molar-refractivity contribution in [3.63, 3.8) is 0 Å². The molecule has 0 spiro atoms. The summed E-state index contributed by atoms with van der Waals surface area (Å²) in [6.45, 7) is 6.80. The molecule has 1 N–H and O–H groups in total. The molecule has 0 saturated carbocycles. The van der Waals surface area contributed by atoms with E-state index in [-0.39, 0.29) is 11.9 Å². The molecule has 0 bridgehead atoms. The Morgan fingerprint density at radius 1 is 1.19 bits per heavy atom. The zero-order valence-corrected chi connectivity index (χ0v) is 16.8. The molecule has 3 rings (SSSR count). The molecule has 0 aliphatic heterocycles. The van der Waals surface area contributed by atoms with Crippen molar-refractivity contribution in [3.05, 3.63) is 45.8 Å². The SMILES string of the molecule is CCOC(=O)c1c(NC(=O)c2ccc(OCC)cc2)sc2c1CCC(C)C2. The second kappa shape index (κ2) is 8.57. The lowest BCUT2D eigenvalue weighted by atomic mass is 9.88. The first-order valence-electron chi connectivity index (χ1n) is 9.39. The maximum atomic E-state index is 12.7. The highest BCUT2D eigenvalue weighted by atomic mass is 32.1. The van der Waals surface area contributed by atoms with Crippen molar-refractivity contribution in [1.29, 1.82) is 0 Å². The standard InChI is InChI=1S/C21H25NO4S/c1-4-25-15-9-7-14(8-10-15)19(23)22-20-18(21(24)26-5-2)16-11-6-13(3)12-17(16)27-20/h7-10,13H,4-6,11-12H2,1-3H3,(H,22,23). The topological polar surface area (TPSA) is 64.6 Å². The summed E-state index contributed by atoms with van der Waals surface area (Å²) in [5, 5.41) is 3.52. The molecule has 1 unspecified atom stereocenters. The number of carbonyl (C=O) groups excluding carboxylic acids is 2. The zero-order chi connectivity index (χ0) is 19.4. The van der Waals surface area contributed by atoms with Gasteiger partial charge in [0.1, 0.15) is 10.8 Å². The summed E-state index contributed by atoms with van der Waals surface area (Å²) in [7, 11) is 0. The van der Waals surface area contributed by atoms with Crippen molar-refractivity contribution in [1.82, 2.24) is 0 Å². The van der Waals surface area contributed by atoms with Crippen molar-refractivity contribution in [2.75, 3.05) is 18.5 Å². The van der Waals surface area contributed by atoms with Crippen LogP contribution in [0.3, 0.4) is 0 Å². The molecule has 27 heavy (non-hydrogen) atoms. The van der Waals surface area contributed by atoms with Crippen molar-refractivity contribution in [2.24, 2.45) is 5.92 Å². The fraction of sp³-hybridized carbons (Fsp3) is 0.429. The molecule has 1 aromatic carbocycles. The summed E-state index contributed by atoms with van der Waals surface area (Å²) < 4.78 is 10.7. The molecule has 144 valence electrons. The first kappa shape index (κ1) is 19.4. The number of esters is 1. The molecule has 5 nitrogen and oxygen atoms in total. The third kappa shape index (κ3) is 4.33. The van der Waals surface area contributed by atoms with Gasteiger partial charge in [0.25, 0.3) is 5.91 Å². The molecular weight excluding hydrogens is 362 g/mol. The zero-order valence-electron chi connectivity index (χ0n) is 16.0. The predicted molar refractivity (Wildman–Crippen MR) is 107 cm³/mol. The highest BCUT2D eigenvalue weighted by molar-refractivity contribution is 7.17. The van der Waals surface area contributed by atoms with Gasteiger partial charge in [0, 0.05) is 10.4 Å². The van der Waals surface area contributed by atoms with Gasteiger partial charge in [0.2, 0.25) is 0 Å². The average molecular weight is 388 g/mol. The van der Waals surface area contributed by atoms with E-state index in [1.54, 1.807) is 31.2 Å². The van der Waals surface area contributed by atoms with Crippen LogP contribution in [0, 0.1) is 5.92 Å². The normalized spacial score (nSPS) is 15.7. The third-order valence-corrected chi connectivity index (χ3v) is 5.82. The smallest absolute Gasteiger partial charge is 0.341 e. The molecular formula is C21H25NO4S. The van der Waals surface area contributed by atoms with Crippen LogP contribution in [0.2, 0.25) is 0 Å². The van der Waals surface area contributed by atoms with Crippen LogP contribution in [0.4, 0.5) is 5.00 Å². The summed E-state index contributed by atoms with van der Waals surface area (Å²) in [6.07, 6.45) is 2.83. The Bertz CT molecular complexity index is 825. The Balaban J connectivity index is 1.86. The van der Waals surface area contributed by atoms with Crippen molar-refractivity contribution < 1.29 is 19.1 Å². The van der Waals surface area contributed by atoms with Gasteiger partial charge < -0.3 is 14.8 Å². The molecule has 6 heteroatoms. The molecule has 1 heterocycles. The van der Waals surface area contributed by atoms with E-state index in [0.29, 0.717) is 35.3 Å². The predicted octanol–water partition coefficient (Wildman–Crippen LogP) is 4.70. The number of carbonyl (C=O) groups is 2. The fourth-order valence-electron chi connectivity index (χ4n) is 3.30.